The average molecular weight is 287 g/mol. The minimum absolute atomic E-state index is 0.508. The van der Waals surface area contributed by atoms with Gasteiger partial charge in [-0.3, -0.25) is 0 Å². The third-order valence-corrected chi connectivity index (χ3v) is 2.87. The van der Waals surface area contributed by atoms with E-state index in [0.29, 0.717) is 12.5 Å². The van der Waals surface area contributed by atoms with Crippen LogP contribution in [0.5, 0.6) is 5.75 Å². The van der Waals surface area contributed by atoms with Crippen LogP contribution in [0.2, 0.25) is 0 Å². The summed E-state index contributed by atoms with van der Waals surface area (Å²) < 4.78 is 6.64. The average Bonchev–Trinajstić information content (AvgIpc) is 2.19. The maximum absolute atomic E-state index is 9.64. The molecule has 1 N–H and O–H groups in total. The van der Waals surface area contributed by atoms with Crippen LogP contribution in [-0.2, 0) is 0 Å². The van der Waals surface area contributed by atoms with Gasteiger partial charge in [-0.2, -0.15) is 0 Å². The van der Waals surface area contributed by atoms with Gasteiger partial charge in [0.25, 0.3) is 0 Å². The molecule has 0 fully saturated rings. The van der Waals surface area contributed by atoms with Crippen molar-refractivity contribution in [3.05, 3.63) is 28.2 Å². The molecule has 3 heteroatoms. The monoisotopic (exact) mass is 286 g/mol. The number of rotatable bonds is 5. The standard InChI is InChI=1S/C13H19BrO2/c1-9(2)6-7-16-13-5-4-11(14)8-12(13)10(3)15/h4-5,8-10,15H,6-7H2,1-3H3/t10-/m1/s1. The predicted octanol–water partition coefficient (Wildman–Crippen LogP) is 3.93. The Bertz CT molecular complexity index is 335. The number of aliphatic hydroxyl groups excluding tert-OH is 1. The van der Waals surface area contributed by atoms with E-state index in [9.17, 15) is 5.11 Å². The van der Waals surface area contributed by atoms with E-state index in [0.717, 1.165) is 22.2 Å². The second-order valence-electron chi connectivity index (χ2n) is 4.39. The van der Waals surface area contributed by atoms with Crippen LogP contribution in [0.1, 0.15) is 38.9 Å². The first-order valence-electron chi connectivity index (χ1n) is 5.61. The van der Waals surface area contributed by atoms with E-state index in [-0.39, 0.29) is 0 Å². The quantitative estimate of drug-likeness (QED) is 0.889. The van der Waals surface area contributed by atoms with E-state index in [4.69, 9.17) is 4.74 Å². The van der Waals surface area contributed by atoms with Crippen molar-refractivity contribution >= 4 is 15.9 Å². The van der Waals surface area contributed by atoms with Gasteiger partial charge < -0.3 is 9.84 Å². The highest BCUT2D eigenvalue weighted by Crippen LogP contribution is 2.28. The lowest BCUT2D eigenvalue weighted by Crippen LogP contribution is -2.04. The molecule has 0 saturated heterocycles. The molecule has 1 rings (SSSR count). The van der Waals surface area contributed by atoms with Crippen LogP contribution in [0.4, 0.5) is 0 Å². The fraction of sp³-hybridized carbons (Fsp3) is 0.538. The van der Waals surface area contributed by atoms with Crippen LogP contribution in [0, 0.1) is 5.92 Å². The Hall–Kier alpha value is -0.540. The Kier molecular flexibility index (Phi) is 5.29. The SMILES string of the molecule is CC(C)CCOc1ccc(Br)cc1[C@@H](C)O. The minimum atomic E-state index is -0.508. The second-order valence-corrected chi connectivity index (χ2v) is 5.30. The van der Waals surface area contributed by atoms with Crippen molar-refractivity contribution in [2.24, 2.45) is 5.92 Å². The Morgan fingerprint density at radius 1 is 1.31 bits per heavy atom. The lowest BCUT2D eigenvalue weighted by Gasteiger charge is -2.14. The molecule has 0 unspecified atom stereocenters. The fourth-order valence-corrected chi connectivity index (χ4v) is 1.76. The molecule has 0 bridgehead atoms. The summed E-state index contributed by atoms with van der Waals surface area (Å²) in [5, 5.41) is 9.64. The number of benzene rings is 1. The van der Waals surface area contributed by atoms with Crippen molar-refractivity contribution in [3.63, 3.8) is 0 Å². The van der Waals surface area contributed by atoms with Gasteiger partial charge in [0.15, 0.2) is 0 Å². The van der Waals surface area contributed by atoms with Crippen LogP contribution in [0.25, 0.3) is 0 Å². The highest BCUT2D eigenvalue weighted by molar-refractivity contribution is 9.10. The predicted molar refractivity (Wildman–Crippen MR) is 69.7 cm³/mol. The summed E-state index contributed by atoms with van der Waals surface area (Å²) >= 11 is 3.39. The van der Waals surface area contributed by atoms with Gasteiger partial charge in [-0.25, -0.2) is 0 Å². The summed E-state index contributed by atoms with van der Waals surface area (Å²) in [4.78, 5) is 0. The van der Waals surface area contributed by atoms with Crippen LogP contribution in [0.3, 0.4) is 0 Å². The summed E-state index contributed by atoms with van der Waals surface area (Å²) in [6.07, 6.45) is 0.515. The molecule has 0 heterocycles. The molecule has 2 nitrogen and oxygen atoms in total. The van der Waals surface area contributed by atoms with Crippen molar-refractivity contribution in [1.29, 1.82) is 0 Å². The molecule has 0 amide bonds. The second kappa shape index (κ2) is 6.26. The summed E-state index contributed by atoms with van der Waals surface area (Å²) in [5.41, 5.74) is 0.832. The van der Waals surface area contributed by atoms with E-state index < -0.39 is 6.10 Å². The molecule has 1 aromatic carbocycles. The van der Waals surface area contributed by atoms with E-state index in [1.165, 1.54) is 0 Å². The van der Waals surface area contributed by atoms with Crippen LogP contribution < -0.4 is 4.74 Å². The summed E-state index contributed by atoms with van der Waals surface area (Å²) in [6.45, 7) is 6.77. The van der Waals surface area contributed by atoms with Gasteiger partial charge in [-0.05, 0) is 37.5 Å². The number of hydrogen-bond acceptors (Lipinski definition) is 2. The molecule has 90 valence electrons. The third kappa shape index (κ3) is 4.14. The van der Waals surface area contributed by atoms with Gasteiger partial charge in [0.1, 0.15) is 5.75 Å². The fourth-order valence-electron chi connectivity index (χ4n) is 1.38. The zero-order valence-corrected chi connectivity index (χ0v) is 11.6. The molecule has 1 aromatic rings. The van der Waals surface area contributed by atoms with Gasteiger partial charge in [0.05, 0.1) is 12.7 Å². The molecule has 0 aromatic heterocycles. The summed E-state index contributed by atoms with van der Waals surface area (Å²) in [6, 6.07) is 5.72. The van der Waals surface area contributed by atoms with E-state index in [1.807, 2.05) is 18.2 Å². The topological polar surface area (TPSA) is 29.5 Å². The van der Waals surface area contributed by atoms with Crippen molar-refractivity contribution < 1.29 is 9.84 Å². The number of hydrogen-bond donors (Lipinski definition) is 1. The van der Waals surface area contributed by atoms with E-state index in [2.05, 4.69) is 29.8 Å². The minimum Gasteiger partial charge on any atom is -0.493 e. The van der Waals surface area contributed by atoms with Crippen molar-refractivity contribution in [3.8, 4) is 5.75 Å². The zero-order chi connectivity index (χ0) is 12.1. The van der Waals surface area contributed by atoms with Gasteiger partial charge >= 0.3 is 0 Å². The van der Waals surface area contributed by atoms with E-state index in [1.54, 1.807) is 6.92 Å². The zero-order valence-electron chi connectivity index (χ0n) is 10.0. The summed E-state index contributed by atoms with van der Waals surface area (Å²) in [5.74, 6) is 1.41. The first kappa shape index (κ1) is 13.5. The van der Waals surface area contributed by atoms with Gasteiger partial charge in [0, 0.05) is 10.0 Å². The van der Waals surface area contributed by atoms with Crippen LogP contribution in [-0.4, -0.2) is 11.7 Å². The third-order valence-electron chi connectivity index (χ3n) is 2.37. The molecule has 16 heavy (non-hydrogen) atoms. The molecule has 0 saturated carbocycles. The lowest BCUT2D eigenvalue weighted by atomic mass is 10.1. The molecule has 0 aliphatic rings. The van der Waals surface area contributed by atoms with Gasteiger partial charge in [0.2, 0.25) is 0 Å². The number of ether oxygens (including phenoxy) is 1. The molecular weight excluding hydrogens is 268 g/mol. The van der Waals surface area contributed by atoms with Crippen LogP contribution in [0.15, 0.2) is 22.7 Å². The Morgan fingerprint density at radius 2 is 2.00 bits per heavy atom. The first-order chi connectivity index (χ1) is 7.50. The lowest BCUT2D eigenvalue weighted by molar-refractivity contribution is 0.190. The molecule has 0 aliphatic carbocycles. The Labute approximate surface area is 106 Å². The van der Waals surface area contributed by atoms with Gasteiger partial charge in [-0.1, -0.05) is 29.8 Å². The Balaban J connectivity index is 2.71. The number of halogens is 1. The van der Waals surface area contributed by atoms with Crippen molar-refractivity contribution in [1.82, 2.24) is 0 Å². The molecular formula is C13H19BrO2. The summed E-state index contributed by atoms with van der Waals surface area (Å²) in [7, 11) is 0. The molecule has 0 spiro atoms. The number of aliphatic hydroxyl groups is 1. The van der Waals surface area contributed by atoms with Crippen molar-refractivity contribution in [2.45, 2.75) is 33.3 Å². The maximum atomic E-state index is 9.64. The largest absolute Gasteiger partial charge is 0.493 e. The molecule has 0 aliphatic heterocycles. The highest BCUT2D eigenvalue weighted by atomic mass is 79.9. The first-order valence-corrected chi connectivity index (χ1v) is 6.40. The highest BCUT2D eigenvalue weighted by Gasteiger charge is 2.09. The normalized spacial score (nSPS) is 12.9. The maximum Gasteiger partial charge on any atom is 0.125 e. The van der Waals surface area contributed by atoms with Crippen LogP contribution >= 0.6 is 15.9 Å². The smallest absolute Gasteiger partial charge is 0.125 e. The molecule has 0 radical (unpaired) electrons. The van der Waals surface area contributed by atoms with Crippen molar-refractivity contribution in [2.75, 3.05) is 6.61 Å². The van der Waals surface area contributed by atoms with Gasteiger partial charge in [-0.15, -0.1) is 0 Å². The molecule has 1 atom stereocenters. The van der Waals surface area contributed by atoms with E-state index >= 15 is 0 Å². The Morgan fingerprint density at radius 3 is 2.56 bits per heavy atom.